The van der Waals surface area contributed by atoms with Crippen LogP contribution in [0.2, 0.25) is 0 Å². The first kappa shape index (κ1) is 24.0. The molecule has 2 aromatic rings. The van der Waals surface area contributed by atoms with E-state index in [4.69, 9.17) is 4.74 Å². The zero-order valence-corrected chi connectivity index (χ0v) is 18.8. The Morgan fingerprint density at radius 1 is 1.24 bits per heavy atom. The number of anilines is 2. The van der Waals surface area contributed by atoms with Crippen molar-refractivity contribution < 1.29 is 30.8 Å². The molecule has 0 bridgehead atoms. The number of carbonyl (C=O) groups is 1. The van der Waals surface area contributed by atoms with Gasteiger partial charge in [0.1, 0.15) is 24.6 Å². The summed E-state index contributed by atoms with van der Waals surface area (Å²) in [4.78, 5) is 11.6. The number of rotatable bonds is 9. The third-order valence-corrected chi connectivity index (χ3v) is 7.17. The van der Waals surface area contributed by atoms with Gasteiger partial charge in [-0.1, -0.05) is 49.6 Å². The lowest BCUT2D eigenvalue weighted by molar-refractivity contribution is -0.117. The van der Waals surface area contributed by atoms with Gasteiger partial charge in [0, 0.05) is 12.1 Å². The third-order valence-electron chi connectivity index (χ3n) is 4.39. The topological polar surface area (TPSA) is 122 Å². The number of hydrogen-bond acceptors (Lipinski definition) is 6. The average Bonchev–Trinajstić information content (AvgIpc) is 3.02. The molecule has 1 aliphatic heterocycles. The molecule has 3 rings (SSSR count). The molecule has 0 spiro atoms. The van der Waals surface area contributed by atoms with E-state index in [1.165, 1.54) is 36.4 Å². The van der Waals surface area contributed by atoms with Crippen LogP contribution in [0.5, 0.6) is 5.75 Å². The fraction of sp³-hybridized carbons (Fsp3) is 0.0952. The fourth-order valence-corrected chi connectivity index (χ4v) is 5.16. The summed E-state index contributed by atoms with van der Waals surface area (Å²) in [6.45, 7) is 6.35. The third kappa shape index (κ3) is 5.41. The number of hydrogen-bond donors (Lipinski definition) is 2. The smallest absolute Gasteiger partial charge is 0.326 e. The highest BCUT2D eigenvalue weighted by molar-refractivity contribution is 7.92. The predicted molar refractivity (Wildman–Crippen MR) is 122 cm³/mol. The first-order chi connectivity index (χ1) is 15.6. The normalized spacial score (nSPS) is 15.6. The summed E-state index contributed by atoms with van der Waals surface area (Å²) in [5, 5.41) is 0. The molecule has 2 aromatic carbocycles. The molecular weight excluding hydrogens is 473 g/mol. The lowest BCUT2D eigenvalue weighted by Crippen LogP contribution is -2.30. The van der Waals surface area contributed by atoms with Crippen LogP contribution < -0.4 is 18.5 Å². The van der Waals surface area contributed by atoms with E-state index in [0.29, 0.717) is 9.88 Å². The van der Waals surface area contributed by atoms with Gasteiger partial charge in [-0.15, -0.1) is 0 Å². The SMILES string of the molecule is C=C/C=C(\C=C)COc1cc(NS(=O)(=O)c2ccccc2)cc(F)c1N1CC(=O)NS1(=O)=O. The number of nitrogens with zero attached hydrogens (tertiary/aromatic N) is 1. The zero-order chi connectivity index (χ0) is 24.2. The van der Waals surface area contributed by atoms with E-state index >= 15 is 4.39 Å². The van der Waals surface area contributed by atoms with Crippen molar-refractivity contribution in [3.63, 3.8) is 0 Å². The van der Waals surface area contributed by atoms with Crippen LogP contribution in [0.3, 0.4) is 0 Å². The van der Waals surface area contributed by atoms with Crippen LogP contribution in [-0.4, -0.2) is 35.9 Å². The van der Waals surface area contributed by atoms with Gasteiger partial charge in [-0.25, -0.2) is 21.8 Å². The maximum Gasteiger partial charge on any atom is 0.326 e. The van der Waals surface area contributed by atoms with Crippen LogP contribution in [0.15, 0.2) is 84.3 Å². The van der Waals surface area contributed by atoms with Gasteiger partial charge in [0.2, 0.25) is 0 Å². The van der Waals surface area contributed by atoms with Gasteiger partial charge in [0.25, 0.3) is 15.9 Å². The Kier molecular flexibility index (Phi) is 6.89. The molecule has 0 saturated carbocycles. The number of carbonyl (C=O) groups excluding carboxylic acids is 1. The van der Waals surface area contributed by atoms with Gasteiger partial charge >= 0.3 is 10.2 Å². The van der Waals surface area contributed by atoms with Gasteiger partial charge in [-0.05, 0) is 17.7 Å². The molecule has 0 aromatic heterocycles. The Labute approximate surface area is 191 Å². The van der Waals surface area contributed by atoms with Crippen LogP contribution >= 0.6 is 0 Å². The molecule has 1 heterocycles. The molecule has 0 atom stereocenters. The van der Waals surface area contributed by atoms with Crippen molar-refractivity contribution in [2.24, 2.45) is 0 Å². The maximum atomic E-state index is 15.2. The maximum absolute atomic E-state index is 15.2. The van der Waals surface area contributed by atoms with Gasteiger partial charge in [0.05, 0.1) is 10.6 Å². The fourth-order valence-electron chi connectivity index (χ4n) is 2.93. The number of nitrogens with one attached hydrogen (secondary N) is 2. The number of amides is 1. The second-order valence-corrected chi connectivity index (χ2v) is 10.0. The summed E-state index contributed by atoms with van der Waals surface area (Å²) in [6.07, 6.45) is 4.50. The van der Waals surface area contributed by atoms with Crippen LogP contribution in [0.25, 0.3) is 0 Å². The molecule has 1 fully saturated rings. The van der Waals surface area contributed by atoms with Crippen molar-refractivity contribution in [2.45, 2.75) is 4.90 Å². The van der Waals surface area contributed by atoms with Crippen LogP contribution in [-0.2, 0) is 25.0 Å². The molecule has 1 amide bonds. The first-order valence-corrected chi connectivity index (χ1v) is 12.3. The zero-order valence-electron chi connectivity index (χ0n) is 17.2. The van der Waals surface area contributed by atoms with Crippen molar-refractivity contribution in [1.82, 2.24) is 4.72 Å². The molecule has 33 heavy (non-hydrogen) atoms. The number of ether oxygens (including phenoxy) is 1. The van der Waals surface area contributed by atoms with E-state index in [1.807, 2.05) is 0 Å². The van der Waals surface area contributed by atoms with E-state index in [9.17, 15) is 21.6 Å². The van der Waals surface area contributed by atoms with Crippen LogP contribution in [0.4, 0.5) is 15.8 Å². The molecule has 174 valence electrons. The highest BCUT2D eigenvalue weighted by atomic mass is 32.2. The highest BCUT2D eigenvalue weighted by Crippen LogP contribution is 2.38. The Morgan fingerprint density at radius 2 is 1.94 bits per heavy atom. The molecular formula is C21H20FN3O6S2. The number of allylic oxidation sites excluding steroid dienone is 2. The molecule has 0 aliphatic carbocycles. The monoisotopic (exact) mass is 493 g/mol. The summed E-state index contributed by atoms with van der Waals surface area (Å²) >= 11 is 0. The quantitative estimate of drug-likeness (QED) is 0.518. The number of sulfonamides is 1. The lowest BCUT2D eigenvalue weighted by atomic mass is 10.2. The summed E-state index contributed by atoms with van der Waals surface area (Å²) in [5.41, 5.74) is -0.220. The second-order valence-electron chi connectivity index (χ2n) is 6.73. The summed E-state index contributed by atoms with van der Waals surface area (Å²) < 4.78 is 75.1. The number of benzene rings is 2. The highest BCUT2D eigenvalue weighted by Gasteiger charge is 2.38. The van der Waals surface area contributed by atoms with E-state index < -0.39 is 44.2 Å². The van der Waals surface area contributed by atoms with Gasteiger partial charge in [-0.2, -0.15) is 8.42 Å². The molecule has 1 aliphatic rings. The van der Waals surface area contributed by atoms with E-state index in [0.717, 1.165) is 12.1 Å². The number of halogens is 1. The average molecular weight is 494 g/mol. The van der Waals surface area contributed by atoms with E-state index in [2.05, 4.69) is 17.9 Å². The summed E-state index contributed by atoms with van der Waals surface area (Å²) in [5.74, 6) is -2.28. The molecule has 0 unspecified atom stereocenters. The largest absolute Gasteiger partial charge is 0.487 e. The Hall–Kier alpha value is -3.64. The van der Waals surface area contributed by atoms with Crippen molar-refractivity contribution >= 4 is 37.5 Å². The van der Waals surface area contributed by atoms with Crippen LogP contribution in [0.1, 0.15) is 0 Å². The minimum absolute atomic E-state index is 0.0586. The van der Waals surface area contributed by atoms with Crippen molar-refractivity contribution in [1.29, 1.82) is 0 Å². The Balaban J connectivity index is 2.06. The standard InChI is InChI=1S/C21H20FN3O6S2/c1-3-8-15(4-2)14-31-19-12-16(23-32(27,28)17-9-6-5-7-10-17)11-18(22)21(19)25-13-20(26)24-33(25,29)30/h3-12,23H,1-2,13-14H2,(H,24,26)/b15-8+. The van der Waals surface area contributed by atoms with Crippen molar-refractivity contribution in [2.75, 3.05) is 22.2 Å². The molecule has 0 radical (unpaired) electrons. The van der Waals surface area contributed by atoms with Crippen molar-refractivity contribution in [3.05, 3.63) is 85.2 Å². The molecule has 9 nitrogen and oxygen atoms in total. The summed E-state index contributed by atoms with van der Waals surface area (Å²) in [7, 11) is -8.42. The minimum atomic E-state index is -4.36. The van der Waals surface area contributed by atoms with E-state index in [-0.39, 0.29) is 22.9 Å². The second kappa shape index (κ2) is 9.46. The predicted octanol–water partition coefficient (Wildman–Crippen LogP) is 2.48. The van der Waals surface area contributed by atoms with Gasteiger partial charge in [0.15, 0.2) is 5.82 Å². The lowest BCUT2D eigenvalue weighted by Gasteiger charge is -2.21. The minimum Gasteiger partial charge on any atom is -0.487 e. The van der Waals surface area contributed by atoms with Gasteiger partial charge in [-0.3, -0.25) is 9.52 Å². The van der Waals surface area contributed by atoms with Crippen LogP contribution in [0, 0.1) is 5.82 Å². The molecule has 12 heteroatoms. The Morgan fingerprint density at radius 3 is 2.52 bits per heavy atom. The first-order valence-electron chi connectivity index (χ1n) is 9.39. The summed E-state index contributed by atoms with van der Waals surface area (Å²) in [6, 6.07) is 9.33. The van der Waals surface area contributed by atoms with E-state index in [1.54, 1.807) is 16.9 Å². The molecule has 1 saturated heterocycles. The van der Waals surface area contributed by atoms with Gasteiger partial charge < -0.3 is 4.74 Å². The Bertz CT molecular complexity index is 1340. The molecule has 2 N–H and O–H groups in total. The van der Waals surface area contributed by atoms with Crippen molar-refractivity contribution in [3.8, 4) is 5.75 Å².